The molecular weight excluding hydrogens is 566 g/mol. The molecule has 0 aliphatic rings. The maximum atomic E-state index is 12.6. The number of rotatable bonds is 9. The molecule has 0 spiro atoms. The van der Waals surface area contributed by atoms with Crippen LogP contribution in [0.2, 0.25) is 0 Å². The zero-order valence-electron chi connectivity index (χ0n) is 26.2. The van der Waals surface area contributed by atoms with E-state index in [0.29, 0.717) is 11.3 Å². The van der Waals surface area contributed by atoms with Gasteiger partial charge in [-0.25, -0.2) is 4.79 Å². The van der Waals surface area contributed by atoms with Gasteiger partial charge in [0.25, 0.3) is 0 Å². The molecule has 0 heterocycles. The van der Waals surface area contributed by atoms with Crippen LogP contribution in [-0.2, 0) is 0 Å². The Morgan fingerprint density at radius 1 is 0.522 bits per heavy atom. The Hall–Kier alpha value is -5.87. The summed E-state index contributed by atoms with van der Waals surface area (Å²) in [4.78, 5) is 14.9. The summed E-state index contributed by atoms with van der Waals surface area (Å²) in [6.45, 7) is 4.21. The van der Waals surface area contributed by atoms with Crippen molar-refractivity contribution in [3.8, 4) is 11.5 Å². The lowest BCUT2D eigenvalue weighted by atomic mass is 9.95. The minimum absolute atomic E-state index is 0.385. The second kappa shape index (κ2) is 13.8. The molecule has 0 fully saturated rings. The second-order valence-electron chi connectivity index (χ2n) is 11.2. The summed E-state index contributed by atoms with van der Waals surface area (Å²) in [5, 5.41) is 0. The molecule has 0 aliphatic carbocycles. The first-order valence-electron chi connectivity index (χ1n) is 15.2. The molecule has 0 N–H and O–H groups in total. The molecule has 0 bridgehead atoms. The molecule has 4 nitrogen and oxygen atoms in total. The fourth-order valence-electron chi connectivity index (χ4n) is 5.27. The summed E-state index contributed by atoms with van der Waals surface area (Å²) < 4.78 is 11.0. The molecule has 0 radical (unpaired) electrons. The average Bonchev–Trinajstić information content (AvgIpc) is 3.10. The largest absolute Gasteiger partial charge is 0.497 e. The molecule has 0 aromatic heterocycles. The van der Waals surface area contributed by atoms with Crippen molar-refractivity contribution in [2.75, 3.05) is 12.0 Å². The highest BCUT2D eigenvalue weighted by Crippen LogP contribution is 2.36. The summed E-state index contributed by atoms with van der Waals surface area (Å²) in [7, 11) is 1.67. The van der Waals surface area contributed by atoms with Gasteiger partial charge in [0, 0.05) is 17.1 Å². The first-order valence-corrected chi connectivity index (χ1v) is 15.2. The van der Waals surface area contributed by atoms with Crippen LogP contribution < -0.4 is 14.4 Å². The van der Waals surface area contributed by atoms with Crippen molar-refractivity contribution in [1.82, 2.24) is 0 Å². The highest BCUT2D eigenvalue weighted by atomic mass is 16.5. The fourth-order valence-corrected chi connectivity index (χ4v) is 5.27. The zero-order valence-corrected chi connectivity index (χ0v) is 26.2. The van der Waals surface area contributed by atoms with Crippen LogP contribution in [-0.4, -0.2) is 13.1 Å². The fraction of sp³-hybridized carbons (Fsp3) is 0.0714. The number of carbonyl (C=O) groups excluding carboxylic acids is 1. The topological polar surface area (TPSA) is 38.8 Å². The summed E-state index contributed by atoms with van der Waals surface area (Å²) in [6, 6.07) is 50.5. The molecule has 6 rings (SSSR count). The van der Waals surface area contributed by atoms with Crippen LogP contribution in [0.5, 0.6) is 11.5 Å². The standard InChI is InChI=1S/C42H35NO3/c1-30-9-19-36(20-10-30)43(37-21-11-31(2)12-22-37)38-23-13-32(14-24-38)29-41(33-15-25-39(45-3)26-16-33)34-17-27-40(28-18-34)46-42(44)35-7-5-4-6-8-35/h4-29H,1-3H3. The third-order valence-corrected chi connectivity index (χ3v) is 7.83. The third kappa shape index (κ3) is 7.09. The van der Waals surface area contributed by atoms with Gasteiger partial charge in [0.05, 0.1) is 12.7 Å². The number of hydrogen-bond acceptors (Lipinski definition) is 4. The van der Waals surface area contributed by atoms with Gasteiger partial charge >= 0.3 is 5.97 Å². The number of benzene rings is 6. The van der Waals surface area contributed by atoms with Gasteiger partial charge in [0.1, 0.15) is 11.5 Å². The van der Waals surface area contributed by atoms with E-state index in [1.165, 1.54) is 11.1 Å². The van der Waals surface area contributed by atoms with Crippen molar-refractivity contribution in [1.29, 1.82) is 0 Å². The Morgan fingerprint density at radius 3 is 1.46 bits per heavy atom. The Bertz CT molecular complexity index is 1880. The zero-order chi connectivity index (χ0) is 31.9. The van der Waals surface area contributed by atoms with Gasteiger partial charge < -0.3 is 14.4 Å². The number of hydrogen-bond donors (Lipinski definition) is 0. The van der Waals surface area contributed by atoms with E-state index >= 15 is 0 Å². The minimum atomic E-state index is -0.385. The lowest BCUT2D eigenvalue weighted by Crippen LogP contribution is -2.09. The maximum absolute atomic E-state index is 12.6. The van der Waals surface area contributed by atoms with E-state index in [-0.39, 0.29) is 5.97 Å². The van der Waals surface area contributed by atoms with Gasteiger partial charge in [-0.2, -0.15) is 0 Å². The molecule has 6 aromatic rings. The van der Waals surface area contributed by atoms with Gasteiger partial charge in [-0.05, 0) is 115 Å². The van der Waals surface area contributed by atoms with E-state index in [0.717, 1.165) is 45.1 Å². The molecule has 0 saturated carbocycles. The molecule has 4 heteroatoms. The predicted molar refractivity (Wildman–Crippen MR) is 188 cm³/mol. The van der Waals surface area contributed by atoms with Gasteiger partial charge in [-0.1, -0.05) is 90.0 Å². The normalized spacial score (nSPS) is 11.2. The lowest BCUT2D eigenvalue weighted by molar-refractivity contribution is 0.0734. The quantitative estimate of drug-likeness (QED) is 0.0939. The molecule has 46 heavy (non-hydrogen) atoms. The molecule has 0 aliphatic heterocycles. The molecular formula is C42H35NO3. The van der Waals surface area contributed by atoms with Crippen LogP contribution in [0.4, 0.5) is 17.1 Å². The van der Waals surface area contributed by atoms with Gasteiger partial charge in [-0.3, -0.25) is 0 Å². The van der Waals surface area contributed by atoms with Crippen molar-refractivity contribution in [3.05, 3.63) is 185 Å². The Balaban J connectivity index is 1.33. The van der Waals surface area contributed by atoms with E-state index < -0.39 is 0 Å². The van der Waals surface area contributed by atoms with Crippen molar-refractivity contribution in [3.63, 3.8) is 0 Å². The lowest BCUT2D eigenvalue weighted by Gasteiger charge is -2.26. The summed E-state index contributed by atoms with van der Waals surface area (Å²) in [5.41, 5.74) is 10.4. The first-order chi connectivity index (χ1) is 22.5. The van der Waals surface area contributed by atoms with E-state index in [1.807, 2.05) is 54.6 Å². The number of ether oxygens (including phenoxy) is 2. The number of aryl methyl sites for hydroxylation is 2. The van der Waals surface area contributed by atoms with Crippen molar-refractivity contribution in [2.45, 2.75) is 13.8 Å². The van der Waals surface area contributed by atoms with Crippen molar-refractivity contribution in [2.24, 2.45) is 0 Å². The van der Waals surface area contributed by atoms with Gasteiger partial charge in [0.2, 0.25) is 0 Å². The van der Waals surface area contributed by atoms with Gasteiger partial charge in [-0.15, -0.1) is 0 Å². The van der Waals surface area contributed by atoms with Crippen LogP contribution in [0.25, 0.3) is 11.6 Å². The maximum Gasteiger partial charge on any atom is 0.343 e. The van der Waals surface area contributed by atoms with Gasteiger partial charge in [0.15, 0.2) is 0 Å². The van der Waals surface area contributed by atoms with Crippen LogP contribution in [0.3, 0.4) is 0 Å². The average molecular weight is 602 g/mol. The van der Waals surface area contributed by atoms with Crippen LogP contribution in [0, 0.1) is 13.8 Å². The van der Waals surface area contributed by atoms with Crippen molar-refractivity contribution < 1.29 is 14.3 Å². The highest BCUT2D eigenvalue weighted by Gasteiger charge is 2.14. The number of methoxy groups -OCH3 is 1. The molecule has 6 aromatic carbocycles. The van der Waals surface area contributed by atoms with E-state index in [9.17, 15) is 4.79 Å². The third-order valence-electron chi connectivity index (χ3n) is 7.83. The van der Waals surface area contributed by atoms with E-state index in [2.05, 4.69) is 110 Å². The predicted octanol–water partition coefficient (Wildman–Crippen LogP) is 10.6. The highest BCUT2D eigenvalue weighted by molar-refractivity contribution is 5.93. The van der Waals surface area contributed by atoms with Crippen LogP contribution >= 0.6 is 0 Å². The summed E-state index contributed by atoms with van der Waals surface area (Å²) in [5.74, 6) is 0.899. The Morgan fingerprint density at radius 2 is 0.978 bits per heavy atom. The summed E-state index contributed by atoms with van der Waals surface area (Å²) in [6.07, 6.45) is 2.18. The van der Waals surface area contributed by atoms with Crippen LogP contribution in [0.1, 0.15) is 38.2 Å². The number of carbonyl (C=O) groups is 1. The number of esters is 1. The molecule has 0 atom stereocenters. The summed E-state index contributed by atoms with van der Waals surface area (Å²) >= 11 is 0. The van der Waals surface area contributed by atoms with E-state index in [1.54, 1.807) is 19.2 Å². The Labute approximate surface area is 270 Å². The first kappa shape index (κ1) is 30.2. The van der Waals surface area contributed by atoms with E-state index in [4.69, 9.17) is 9.47 Å². The smallest absolute Gasteiger partial charge is 0.343 e. The molecule has 0 amide bonds. The molecule has 0 unspecified atom stereocenters. The number of nitrogens with zero attached hydrogens (tertiary/aromatic N) is 1. The minimum Gasteiger partial charge on any atom is -0.497 e. The molecule has 0 saturated heterocycles. The Kier molecular flexibility index (Phi) is 9.07. The second-order valence-corrected chi connectivity index (χ2v) is 11.2. The molecule has 226 valence electrons. The van der Waals surface area contributed by atoms with Crippen LogP contribution in [0.15, 0.2) is 152 Å². The number of anilines is 3. The van der Waals surface area contributed by atoms with Crippen molar-refractivity contribution >= 4 is 34.7 Å². The monoisotopic (exact) mass is 601 g/mol. The SMILES string of the molecule is COc1ccc(C(=Cc2ccc(N(c3ccc(C)cc3)c3ccc(C)cc3)cc2)c2ccc(OC(=O)c3ccccc3)cc2)cc1.